The van der Waals surface area contributed by atoms with Crippen LogP contribution in [-0.2, 0) is 4.79 Å². The van der Waals surface area contributed by atoms with Crippen molar-refractivity contribution in [3.8, 4) is 0 Å². The van der Waals surface area contributed by atoms with Gasteiger partial charge in [0.05, 0.1) is 9.95 Å². The largest absolute Gasteiger partial charge is 0.350 e. The Morgan fingerprint density at radius 3 is 2.65 bits per heavy atom. The summed E-state index contributed by atoms with van der Waals surface area (Å²) in [6.07, 6.45) is 2.18. The number of nitro groups is 1. The lowest BCUT2D eigenvalue weighted by molar-refractivity contribution is -0.384. The summed E-state index contributed by atoms with van der Waals surface area (Å²) in [6.45, 7) is 0.933. The van der Waals surface area contributed by atoms with Crippen LogP contribution in [0.15, 0.2) is 12.3 Å². The van der Waals surface area contributed by atoms with Crippen molar-refractivity contribution < 1.29 is 9.72 Å². The number of halogens is 1. The van der Waals surface area contributed by atoms with E-state index in [1.54, 1.807) is 4.90 Å². The van der Waals surface area contributed by atoms with Crippen LogP contribution in [0.3, 0.4) is 0 Å². The fourth-order valence-electron chi connectivity index (χ4n) is 1.77. The number of hydrogen-bond acceptors (Lipinski definition) is 5. The molecule has 0 spiro atoms. The minimum atomic E-state index is -0.509. The molecule has 90 valence electrons. The van der Waals surface area contributed by atoms with Crippen LogP contribution in [0.4, 0.5) is 11.5 Å². The minimum Gasteiger partial charge on any atom is -0.350 e. The van der Waals surface area contributed by atoms with Gasteiger partial charge < -0.3 is 4.90 Å². The molecule has 0 aliphatic carbocycles. The Kier molecular flexibility index (Phi) is 3.23. The Balaban J connectivity index is 2.31. The average Bonchev–Trinajstić information content (AvgIpc) is 2.30. The standard InChI is InChI=1S/C10H10ClN3O3/c11-7-5-9(14(16)17)10(12-6-7)13-3-1-8(15)2-4-13/h5-6H,1-4H2. The molecule has 0 unspecified atom stereocenters. The van der Waals surface area contributed by atoms with E-state index in [1.165, 1.54) is 12.3 Å². The van der Waals surface area contributed by atoms with Crippen LogP contribution in [0.25, 0.3) is 0 Å². The highest BCUT2D eigenvalue weighted by molar-refractivity contribution is 6.30. The molecule has 2 heterocycles. The molecule has 1 aliphatic rings. The molecule has 1 aliphatic heterocycles. The van der Waals surface area contributed by atoms with E-state index >= 15 is 0 Å². The molecule has 6 nitrogen and oxygen atoms in total. The van der Waals surface area contributed by atoms with Gasteiger partial charge in [-0.05, 0) is 0 Å². The topological polar surface area (TPSA) is 76.3 Å². The molecular weight excluding hydrogens is 246 g/mol. The van der Waals surface area contributed by atoms with E-state index in [0.717, 1.165) is 0 Å². The van der Waals surface area contributed by atoms with Crippen LogP contribution in [0.1, 0.15) is 12.8 Å². The number of nitrogens with zero attached hydrogens (tertiary/aromatic N) is 3. The number of carbonyl (C=O) groups excluding carboxylic acids is 1. The van der Waals surface area contributed by atoms with Gasteiger partial charge in [-0.25, -0.2) is 4.98 Å². The molecule has 0 saturated carbocycles. The van der Waals surface area contributed by atoms with Gasteiger partial charge in [-0.2, -0.15) is 0 Å². The van der Waals surface area contributed by atoms with Crippen molar-refractivity contribution in [2.45, 2.75) is 12.8 Å². The van der Waals surface area contributed by atoms with Crippen LogP contribution < -0.4 is 4.90 Å². The first kappa shape index (κ1) is 11.8. The highest BCUT2D eigenvalue weighted by Gasteiger charge is 2.25. The van der Waals surface area contributed by atoms with Crippen molar-refractivity contribution in [3.05, 3.63) is 27.4 Å². The first-order valence-electron chi connectivity index (χ1n) is 5.14. The van der Waals surface area contributed by atoms with Crippen molar-refractivity contribution in [3.63, 3.8) is 0 Å². The third-order valence-electron chi connectivity index (χ3n) is 2.63. The fourth-order valence-corrected chi connectivity index (χ4v) is 1.92. The number of hydrogen-bond donors (Lipinski definition) is 0. The highest BCUT2D eigenvalue weighted by atomic mass is 35.5. The van der Waals surface area contributed by atoms with Gasteiger partial charge >= 0.3 is 5.69 Å². The van der Waals surface area contributed by atoms with E-state index in [0.29, 0.717) is 25.9 Å². The Labute approximate surface area is 102 Å². The van der Waals surface area contributed by atoms with Gasteiger partial charge in [0.25, 0.3) is 0 Å². The van der Waals surface area contributed by atoms with E-state index in [9.17, 15) is 14.9 Å². The summed E-state index contributed by atoms with van der Waals surface area (Å²) in [5, 5.41) is 11.1. The van der Waals surface area contributed by atoms with E-state index in [-0.39, 0.29) is 22.3 Å². The van der Waals surface area contributed by atoms with E-state index in [1.807, 2.05) is 0 Å². The SMILES string of the molecule is O=C1CCN(c2ncc(Cl)cc2[N+](=O)[O-])CC1. The monoisotopic (exact) mass is 255 g/mol. The minimum absolute atomic E-state index is 0.119. The van der Waals surface area contributed by atoms with E-state index < -0.39 is 4.92 Å². The molecular formula is C10H10ClN3O3. The number of carbonyl (C=O) groups is 1. The Morgan fingerprint density at radius 1 is 1.41 bits per heavy atom. The van der Waals surface area contributed by atoms with Gasteiger partial charge in [0.15, 0.2) is 0 Å². The summed E-state index contributed by atoms with van der Waals surface area (Å²) in [5.41, 5.74) is -0.119. The molecule has 0 N–H and O–H groups in total. The molecule has 7 heteroatoms. The molecule has 1 aromatic heterocycles. The number of anilines is 1. The van der Waals surface area contributed by atoms with Gasteiger partial charge in [0.2, 0.25) is 5.82 Å². The van der Waals surface area contributed by atoms with Crippen molar-refractivity contribution in [2.24, 2.45) is 0 Å². The van der Waals surface area contributed by atoms with Crippen molar-refractivity contribution in [1.29, 1.82) is 0 Å². The molecule has 1 aromatic rings. The van der Waals surface area contributed by atoms with E-state index in [2.05, 4.69) is 4.98 Å². The van der Waals surface area contributed by atoms with Crippen LogP contribution in [0.5, 0.6) is 0 Å². The van der Waals surface area contributed by atoms with Gasteiger partial charge in [0, 0.05) is 38.2 Å². The molecule has 17 heavy (non-hydrogen) atoms. The fraction of sp³-hybridized carbons (Fsp3) is 0.400. The lowest BCUT2D eigenvalue weighted by atomic mass is 10.1. The number of Topliss-reactive ketones (excluding diaryl/α,β-unsaturated/α-hetero) is 1. The summed E-state index contributed by atoms with van der Waals surface area (Å²) in [6, 6.07) is 1.28. The first-order valence-corrected chi connectivity index (χ1v) is 5.52. The zero-order valence-electron chi connectivity index (χ0n) is 8.93. The quantitative estimate of drug-likeness (QED) is 0.595. The van der Waals surface area contributed by atoms with Crippen molar-refractivity contribution >= 4 is 28.9 Å². The summed E-state index contributed by atoms with van der Waals surface area (Å²) >= 11 is 5.68. The summed E-state index contributed by atoms with van der Waals surface area (Å²) < 4.78 is 0. The Hall–Kier alpha value is -1.69. The van der Waals surface area contributed by atoms with Crippen molar-refractivity contribution in [2.75, 3.05) is 18.0 Å². The number of aromatic nitrogens is 1. The van der Waals surface area contributed by atoms with Crippen LogP contribution in [0.2, 0.25) is 5.02 Å². The number of ketones is 1. The average molecular weight is 256 g/mol. The second-order valence-corrected chi connectivity index (χ2v) is 4.22. The molecule has 0 aromatic carbocycles. The van der Waals surface area contributed by atoms with Gasteiger partial charge in [-0.1, -0.05) is 11.6 Å². The molecule has 2 rings (SSSR count). The van der Waals surface area contributed by atoms with Crippen LogP contribution in [0, 0.1) is 10.1 Å². The zero-order valence-corrected chi connectivity index (χ0v) is 9.68. The lowest BCUT2D eigenvalue weighted by Gasteiger charge is -2.26. The summed E-state index contributed by atoms with van der Waals surface area (Å²) in [4.78, 5) is 27.2. The molecule has 0 atom stereocenters. The van der Waals surface area contributed by atoms with E-state index in [4.69, 9.17) is 11.6 Å². The predicted octanol–water partition coefficient (Wildman–Crippen LogP) is 1.81. The number of pyridine rings is 1. The van der Waals surface area contributed by atoms with Gasteiger partial charge in [-0.3, -0.25) is 14.9 Å². The number of piperidine rings is 1. The third-order valence-corrected chi connectivity index (χ3v) is 2.84. The second-order valence-electron chi connectivity index (χ2n) is 3.78. The summed E-state index contributed by atoms with van der Waals surface area (Å²) in [7, 11) is 0. The Morgan fingerprint density at radius 2 is 2.06 bits per heavy atom. The van der Waals surface area contributed by atoms with Gasteiger partial charge in [-0.15, -0.1) is 0 Å². The molecule has 0 amide bonds. The maximum atomic E-state index is 11.1. The molecule has 0 radical (unpaired) electrons. The third kappa shape index (κ3) is 2.52. The lowest BCUT2D eigenvalue weighted by Crippen LogP contribution is -2.34. The number of rotatable bonds is 2. The maximum Gasteiger partial charge on any atom is 0.313 e. The molecule has 1 saturated heterocycles. The normalized spacial score (nSPS) is 16.1. The molecule has 0 bridgehead atoms. The second kappa shape index (κ2) is 4.67. The molecule has 1 fully saturated rings. The highest BCUT2D eigenvalue weighted by Crippen LogP contribution is 2.29. The van der Waals surface area contributed by atoms with Crippen molar-refractivity contribution in [1.82, 2.24) is 4.98 Å². The predicted molar refractivity (Wildman–Crippen MR) is 62.4 cm³/mol. The maximum absolute atomic E-state index is 11.1. The zero-order chi connectivity index (χ0) is 12.4. The van der Waals surface area contributed by atoms with Gasteiger partial charge in [0.1, 0.15) is 5.78 Å². The van der Waals surface area contributed by atoms with Crippen LogP contribution >= 0.6 is 11.6 Å². The summed E-state index contributed by atoms with van der Waals surface area (Å²) in [5.74, 6) is 0.463. The Bertz CT molecular complexity index is 468. The van der Waals surface area contributed by atoms with Crippen LogP contribution in [-0.4, -0.2) is 28.8 Å². The smallest absolute Gasteiger partial charge is 0.313 e. The first-order chi connectivity index (χ1) is 8.08.